The van der Waals surface area contributed by atoms with Crippen LogP contribution in [0.25, 0.3) is 0 Å². The van der Waals surface area contributed by atoms with Crippen LogP contribution in [-0.2, 0) is 16.6 Å². The van der Waals surface area contributed by atoms with Crippen LogP contribution in [0.5, 0.6) is 0 Å². The minimum absolute atomic E-state index is 0.0984. The maximum absolute atomic E-state index is 12.2. The first-order chi connectivity index (χ1) is 8.06. The molecule has 1 rings (SSSR count). The van der Waals surface area contributed by atoms with Crippen LogP contribution in [0.2, 0.25) is 0 Å². The van der Waals surface area contributed by atoms with E-state index in [-0.39, 0.29) is 5.03 Å². The van der Waals surface area contributed by atoms with Crippen molar-refractivity contribution in [3.8, 4) is 0 Å². The highest BCUT2D eigenvalue weighted by Crippen LogP contribution is 2.13. The van der Waals surface area contributed by atoms with Gasteiger partial charge in [-0.05, 0) is 13.3 Å². The Morgan fingerprint density at radius 3 is 2.59 bits per heavy atom. The summed E-state index contributed by atoms with van der Waals surface area (Å²) in [6, 6.07) is 0. The Labute approximate surface area is 102 Å². The molecule has 0 aliphatic rings. The highest BCUT2D eigenvalue weighted by Gasteiger charge is 2.25. The quantitative estimate of drug-likeness (QED) is 0.762. The predicted octanol–water partition coefficient (Wildman–Crippen LogP) is 0.262. The zero-order valence-corrected chi connectivity index (χ0v) is 11.2. The molecule has 0 unspecified atom stereocenters. The lowest BCUT2D eigenvalue weighted by atomic mass is 10.5. The summed E-state index contributed by atoms with van der Waals surface area (Å²) < 4.78 is 27.6. The van der Waals surface area contributed by atoms with Gasteiger partial charge in [0.25, 0.3) is 10.0 Å². The van der Waals surface area contributed by atoms with Crippen molar-refractivity contribution in [2.75, 3.05) is 19.6 Å². The zero-order valence-electron chi connectivity index (χ0n) is 10.3. The Bertz CT molecular complexity index is 435. The smallest absolute Gasteiger partial charge is 0.262 e. The second-order valence-corrected chi connectivity index (χ2v) is 5.62. The molecule has 98 valence electrons. The number of nitrogens with two attached hydrogens (primary N) is 1. The second-order valence-electron chi connectivity index (χ2n) is 3.74. The van der Waals surface area contributed by atoms with E-state index in [0.29, 0.717) is 26.2 Å². The van der Waals surface area contributed by atoms with Crippen LogP contribution in [0.1, 0.15) is 20.3 Å². The molecule has 6 nitrogen and oxygen atoms in total. The fourth-order valence-electron chi connectivity index (χ4n) is 1.52. The Kier molecular flexibility index (Phi) is 5.10. The predicted molar refractivity (Wildman–Crippen MR) is 66.0 cm³/mol. The third-order valence-corrected chi connectivity index (χ3v) is 4.21. The van der Waals surface area contributed by atoms with Gasteiger partial charge < -0.3 is 10.3 Å². The molecular formula is C10H20N4O2S. The number of hydrogen-bond acceptors (Lipinski definition) is 4. The summed E-state index contributed by atoms with van der Waals surface area (Å²) in [5.74, 6) is 0. The van der Waals surface area contributed by atoms with Gasteiger partial charge in [0.05, 0.1) is 6.33 Å². The van der Waals surface area contributed by atoms with Gasteiger partial charge in [-0.15, -0.1) is 0 Å². The highest BCUT2D eigenvalue weighted by molar-refractivity contribution is 7.89. The third kappa shape index (κ3) is 3.27. The normalized spacial score (nSPS) is 12.2. The number of aromatic nitrogens is 2. The number of aryl methyl sites for hydroxylation is 1. The topological polar surface area (TPSA) is 81.2 Å². The summed E-state index contributed by atoms with van der Waals surface area (Å²) >= 11 is 0. The molecule has 0 aromatic carbocycles. The minimum Gasteiger partial charge on any atom is -0.336 e. The summed E-state index contributed by atoms with van der Waals surface area (Å²) in [4.78, 5) is 3.94. The molecule has 1 aromatic rings. The van der Waals surface area contributed by atoms with Gasteiger partial charge in [0.15, 0.2) is 5.03 Å². The number of sulfonamides is 1. The molecule has 0 bridgehead atoms. The van der Waals surface area contributed by atoms with Gasteiger partial charge in [0, 0.05) is 32.4 Å². The van der Waals surface area contributed by atoms with Crippen molar-refractivity contribution in [1.29, 1.82) is 0 Å². The average molecular weight is 260 g/mol. The van der Waals surface area contributed by atoms with Crippen molar-refractivity contribution in [2.45, 2.75) is 31.8 Å². The molecule has 0 radical (unpaired) electrons. The molecule has 0 aliphatic heterocycles. The van der Waals surface area contributed by atoms with Crippen LogP contribution in [-0.4, -0.2) is 41.9 Å². The van der Waals surface area contributed by atoms with Gasteiger partial charge in [-0.25, -0.2) is 13.4 Å². The van der Waals surface area contributed by atoms with Crippen LogP contribution in [0.3, 0.4) is 0 Å². The highest BCUT2D eigenvalue weighted by atomic mass is 32.2. The molecular weight excluding hydrogens is 240 g/mol. The van der Waals surface area contributed by atoms with Crippen molar-refractivity contribution in [1.82, 2.24) is 13.9 Å². The molecule has 0 saturated heterocycles. The van der Waals surface area contributed by atoms with Crippen molar-refractivity contribution in [3.63, 3.8) is 0 Å². The van der Waals surface area contributed by atoms with E-state index in [4.69, 9.17) is 5.73 Å². The molecule has 2 N–H and O–H groups in total. The maximum atomic E-state index is 12.2. The number of imidazole rings is 1. The molecule has 0 aliphatic carbocycles. The Balaban J connectivity index is 2.98. The standard InChI is InChI=1S/C10H20N4O2S/c1-3-6-14(7-5-11)17(15,16)10-8-13(4-2)9-12-10/h8-9H,3-7,11H2,1-2H3. The minimum atomic E-state index is -3.49. The third-order valence-electron chi connectivity index (χ3n) is 2.43. The van der Waals surface area contributed by atoms with E-state index < -0.39 is 10.0 Å². The molecule has 1 heterocycles. The molecule has 0 amide bonds. The van der Waals surface area contributed by atoms with Crippen molar-refractivity contribution in [3.05, 3.63) is 12.5 Å². The van der Waals surface area contributed by atoms with E-state index >= 15 is 0 Å². The number of nitrogens with zero attached hydrogens (tertiary/aromatic N) is 3. The van der Waals surface area contributed by atoms with Crippen LogP contribution < -0.4 is 5.73 Å². The molecule has 0 spiro atoms. The van der Waals surface area contributed by atoms with E-state index in [2.05, 4.69) is 4.98 Å². The van der Waals surface area contributed by atoms with Crippen LogP contribution >= 0.6 is 0 Å². The molecule has 0 atom stereocenters. The van der Waals surface area contributed by atoms with Crippen LogP contribution in [0.15, 0.2) is 17.6 Å². The first kappa shape index (κ1) is 14.1. The largest absolute Gasteiger partial charge is 0.336 e. The Morgan fingerprint density at radius 2 is 2.12 bits per heavy atom. The van der Waals surface area contributed by atoms with E-state index in [9.17, 15) is 8.42 Å². The Hall–Kier alpha value is -0.920. The monoisotopic (exact) mass is 260 g/mol. The maximum Gasteiger partial charge on any atom is 0.262 e. The average Bonchev–Trinajstić information content (AvgIpc) is 2.78. The van der Waals surface area contributed by atoms with Crippen LogP contribution in [0, 0.1) is 0 Å². The summed E-state index contributed by atoms with van der Waals surface area (Å²) in [6.45, 7) is 5.68. The van der Waals surface area contributed by atoms with Gasteiger partial charge in [-0.1, -0.05) is 6.92 Å². The SMILES string of the molecule is CCCN(CCN)S(=O)(=O)c1cn(CC)cn1. The summed E-state index contributed by atoms with van der Waals surface area (Å²) in [5, 5.41) is 0.0984. The lowest BCUT2D eigenvalue weighted by molar-refractivity contribution is 0.416. The lowest BCUT2D eigenvalue weighted by Gasteiger charge is -2.19. The van der Waals surface area contributed by atoms with Gasteiger partial charge in [-0.2, -0.15) is 4.31 Å². The fourth-order valence-corrected chi connectivity index (χ4v) is 3.01. The summed E-state index contributed by atoms with van der Waals surface area (Å²) in [5.41, 5.74) is 5.43. The molecule has 0 saturated carbocycles. The summed E-state index contributed by atoms with van der Waals surface area (Å²) in [7, 11) is -3.49. The zero-order chi connectivity index (χ0) is 12.9. The van der Waals surface area contributed by atoms with Gasteiger partial charge in [0.2, 0.25) is 0 Å². The second kappa shape index (κ2) is 6.13. The van der Waals surface area contributed by atoms with Crippen molar-refractivity contribution < 1.29 is 8.42 Å². The van der Waals surface area contributed by atoms with Crippen molar-refractivity contribution >= 4 is 10.0 Å². The first-order valence-electron chi connectivity index (χ1n) is 5.78. The lowest BCUT2D eigenvalue weighted by Crippen LogP contribution is -2.36. The first-order valence-corrected chi connectivity index (χ1v) is 7.22. The van der Waals surface area contributed by atoms with Gasteiger partial charge in [-0.3, -0.25) is 0 Å². The van der Waals surface area contributed by atoms with E-state index in [1.165, 1.54) is 10.6 Å². The van der Waals surface area contributed by atoms with E-state index in [1.54, 1.807) is 10.8 Å². The summed E-state index contributed by atoms with van der Waals surface area (Å²) in [6.07, 6.45) is 3.84. The molecule has 7 heteroatoms. The number of rotatable bonds is 7. The van der Waals surface area contributed by atoms with Gasteiger partial charge in [0.1, 0.15) is 0 Å². The van der Waals surface area contributed by atoms with Crippen molar-refractivity contribution in [2.24, 2.45) is 5.73 Å². The fraction of sp³-hybridized carbons (Fsp3) is 0.700. The van der Waals surface area contributed by atoms with E-state index in [0.717, 1.165) is 6.42 Å². The molecule has 1 aromatic heterocycles. The van der Waals surface area contributed by atoms with Gasteiger partial charge >= 0.3 is 0 Å². The molecule has 17 heavy (non-hydrogen) atoms. The number of hydrogen-bond donors (Lipinski definition) is 1. The van der Waals surface area contributed by atoms with E-state index in [1.807, 2.05) is 13.8 Å². The Morgan fingerprint density at radius 1 is 1.41 bits per heavy atom. The molecule has 0 fully saturated rings. The van der Waals surface area contributed by atoms with Crippen LogP contribution in [0.4, 0.5) is 0 Å².